The molecule has 1 rings (SSSR count). The SMILES string of the molecule is COc1ccccc1CSC(N)=NN. The monoisotopic (exact) mass is 211 g/mol. The summed E-state index contributed by atoms with van der Waals surface area (Å²) in [5.41, 5.74) is 6.54. The number of methoxy groups -OCH3 is 1. The normalized spacial score (nSPS) is 11.4. The van der Waals surface area contributed by atoms with E-state index in [-0.39, 0.29) is 0 Å². The molecule has 4 N–H and O–H groups in total. The van der Waals surface area contributed by atoms with Crippen LogP contribution in [-0.2, 0) is 5.75 Å². The van der Waals surface area contributed by atoms with Gasteiger partial charge in [-0.05, 0) is 6.07 Å². The first-order valence-electron chi connectivity index (χ1n) is 4.06. The molecule has 0 fully saturated rings. The van der Waals surface area contributed by atoms with E-state index in [2.05, 4.69) is 5.10 Å². The van der Waals surface area contributed by atoms with Crippen molar-refractivity contribution in [1.29, 1.82) is 0 Å². The van der Waals surface area contributed by atoms with Crippen LogP contribution in [0, 0.1) is 0 Å². The van der Waals surface area contributed by atoms with Gasteiger partial charge in [0.1, 0.15) is 5.75 Å². The van der Waals surface area contributed by atoms with Gasteiger partial charge in [-0.15, -0.1) is 0 Å². The van der Waals surface area contributed by atoms with Crippen molar-refractivity contribution in [2.45, 2.75) is 5.75 Å². The zero-order chi connectivity index (χ0) is 10.4. The molecule has 0 unspecified atom stereocenters. The molecule has 5 heteroatoms. The van der Waals surface area contributed by atoms with Crippen molar-refractivity contribution in [3.05, 3.63) is 29.8 Å². The van der Waals surface area contributed by atoms with Crippen LogP contribution in [0.4, 0.5) is 0 Å². The average molecular weight is 211 g/mol. The predicted octanol–water partition coefficient (Wildman–Crippen LogP) is 1.12. The first-order chi connectivity index (χ1) is 6.77. The highest BCUT2D eigenvalue weighted by Gasteiger charge is 2.02. The number of hydrazone groups is 1. The molecule has 76 valence electrons. The van der Waals surface area contributed by atoms with Crippen LogP contribution >= 0.6 is 11.8 Å². The lowest BCUT2D eigenvalue weighted by Gasteiger charge is -2.06. The second-order valence-electron chi connectivity index (χ2n) is 2.57. The van der Waals surface area contributed by atoms with Crippen molar-refractivity contribution in [3.8, 4) is 5.75 Å². The number of para-hydroxylation sites is 1. The van der Waals surface area contributed by atoms with Crippen LogP contribution in [0.25, 0.3) is 0 Å². The molecule has 0 aliphatic heterocycles. The third kappa shape index (κ3) is 2.85. The van der Waals surface area contributed by atoms with Crippen molar-refractivity contribution in [2.75, 3.05) is 7.11 Å². The van der Waals surface area contributed by atoms with Crippen LogP contribution in [0.3, 0.4) is 0 Å². The lowest BCUT2D eigenvalue weighted by molar-refractivity contribution is 0.411. The van der Waals surface area contributed by atoms with Crippen LogP contribution in [0.1, 0.15) is 5.56 Å². The van der Waals surface area contributed by atoms with Crippen LogP contribution in [0.5, 0.6) is 5.75 Å². The summed E-state index contributed by atoms with van der Waals surface area (Å²) in [6.45, 7) is 0. The van der Waals surface area contributed by atoms with Crippen molar-refractivity contribution in [3.63, 3.8) is 0 Å². The first kappa shape index (κ1) is 10.7. The summed E-state index contributed by atoms with van der Waals surface area (Å²) in [6, 6.07) is 7.77. The number of amidine groups is 1. The minimum Gasteiger partial charge on any atom is -0.496 e. The standard InChI is InChI=1S/C9H13N3OS/c1-13-8-5-3-2-4-7(8)6-14-9(10)12-11/h2-5H,6,11H2,1H3,(H2,10,12). The second kappa shape index (κ2) is 5.39. The lowest BCUT2D eigenvalue weighted by atomic mass is 10.2. The Balaban J connectivity index is 2.66. The summed E-state index contributed by atoms with van der Waals surface area (Å²) in [4.78, 5) is 0. The predicted molar refractivity (Wildman–Crippen MR) is 60.1 cm³/mol. The van der Waals surface area contributed by atoms with Gasteiger partial charge in [-0.25, -0.2) is 0 Å². The Morgan fingerprint density at radius 1 is 1.50 bits per heavy atom. The minimum absolute atomic E-state index is 0.371. The zero-order valence-electron chi connectivity index (χ0n) is 7.93. The Kier molecular flexibility index (Phi) is 4.12. The van der Waals surface area contributed by atoms with Gasteiger partial charge in [-0.3, -0.25) is 0 Å². The maximum atomic E-state index is 5.46. The quantitative estimate of drug-likeness (QED) is 0.340. The highest BCUT2D eigenvalue weighted by molar-refractivity contribution is 8.13. The fourth-order valence-corrected chi connectivity index (χ4v) is 1.63. The fraction of sp³-hybridized carbons (Fsp3) is 0.222. The molecule has 0 heterocycles. The van der Waals surface area contributed by atoms with Gasteiger partial charge < -0.3 is 16.3 Å². The van der Waals surface area contributed by atoms with Crippen LogP contribution < -0.4 is 16.3 Å². The van der Waals surface area contributed by atoms with Gasteiger partial charge in [0.15, 0.2) is 5.17 Å². The number of benzene rings is 1. The van der Waals surface area contributed by atoms with Crippen molar-refractivity contribution < 1.29 is 4.74 Å². The number of hydrogen-bond donors (Lipinski definition) is 2. The molecular weight excluding hydrogens is 198 g/mol. The van der Waals surface area contributed by atoms with Crippen LogP contribution in [-0.4, -0.2) is 12.3 Å². The van der Waals surface area contributed by atoms with Gasteiger partial charge in [0.25, 0.3) is 0 Å². The van der Waals surface area contributed by atoms with Crippen LogP contribution in [0.15, 0.2) is 29.4 Å². The van der Waals surface area contributed by atoms with E-state index in [0.29, 0.717) is 10.9 Å². The fourth-order valence-electron chi connectivity index (χ4n) is 1.01. The molecule has 0 bridgehead atoms. The Morgan fingerprint density at radius 3 is 2.86 bits per heavy atom. The number of rotatable bonds is 3. The average Bonchev–Trinajstić information content (AvgIpc) is 2.26. The summed E-state index contributed by atoms with van der Waals surface area (Å²) in [5, 5.41) is 3.75. The first-order valence-corrected chi connectivity index (χ1v) is 5.04. The van der Waals surface area contributed by atoms with Crippen LogP contribution in [0.2, 0.25) is 0 Å². The van der Waals surface area contributed by atoms with Gasteiger partial charge in [-0.2, -0.15) is 5.10 Å². The van der Waals surface area contributed by atoms with E-state index in [4.69, 9.17) is 16.3 Å². The van der Waals surface area contributed by atoms with E-state index < -0.39 is 0 Å². The third-order valence-corrected chi connectivity index (χ3v) is 2.55. The van der Waals surface area contributed by atoms with Gasteiger partial charge in [-0.1, -0.05) is 30.0 Å². The molecule has 4 nitrogen and oxygen atoms in total. The molecule has 0 saturated heterocycles. The Morgan fingerprint density at radius 2 is 2.21 bits per heavy atom. The maximum Gasteiger partial charge on any atom is 0.177 e. The molecule has 0 radical (unpaired) electrons. The highest BCUT2D eigenvalue weighted by atomic mass is 32.2. The molecule has 0 aliphatic rings. The minimum atomic E-state index is 0.371. The van der Waals surface area contributed by atoms with Gasteiger partial charge in [0, 0.05) is 11.3 Å². The summed E-state index contributed by atoms with van der Waals surface area (Å²) in [7, 11) is 1.64. The molecule has 1 aromatic carbocycles. The van der Waals surface area contributed by atoms with Gasteiger partial charge >= 0.3 is 0 Å². The highest BCUT2D eigenvalue weighted by Crippen LogP contribution is 2.22. The third-order valence-electron chi connectivity index (χ3n) is 1.70. The van der Waals surface area contributed by atoms with Crippen molar-refractivity contribution >= 4 is 16.9 Å². The zero-order valence-corrected chi connectivity index (χ0v) is 8.75. The second-order valence-corrected chi connectivity index (χ2v) is 3.56. The summed E-state index contributed by atoms with van der Waals surface area (Å²) in [6.07, 6.45) is 0. The smallest absolute Gasteiger partial charge is 0.177 e. The van der Waals surface area contributed by atoms with E-state index in [1.807, 2.05) is 24.3 Å². The van der Waals surface area contributed by atoms with Crippen molar-refractivity contribution in [2.24, 2.45) is 16.7 Å². The molecule has 0 spiro atoms. The Labute approximate surface area is 87.3 Å². The molecular formula is C9H13N3OS. The number of nitrogens with two attached hydrogens (primary N) is 2. The summed E-state index contributed by atoms with van der Waals surface area (Å²) >= 11 is 1.38. The Hall–Kier alpha value is -1.36. The number of nitrogens with zero attached hydrogens (tertiary/aromatic N) is 1. The van der Waals surface area contributed by atoms with E-state index in [9.17, 15) is 0 Å². The van der Waals surface area contributed by atoms with E-state index in [1.54, 1.807) is 7.11 Å². The summed E-state index contributed by atoms with van der Waals surface area (Å²) < 4.78 is 5.19. The number of ether oxygens (including phenoxy) is 1. The Bertz CT molecular complexity index is 328. The lowest BCUT2D eigenvalue weighted by Crippen LogP contribution is -2.09. The summed E-state index contributed by atoms with van der Waals surface area (Å²) in [5.74, 6) is 6.57. The molecule has 0 aromatic heterocycles. The molecule has 0 aliphatic carbocycles. The van der Waals surface area contributed by atoms with Crippen molar-refractivity contribution in [1.82, 2.24) is 0 Å². The molecule has 1 aromatic rings. The number of thioether (sulfide) groups is 1. The van der Waals surface area contributed by atoms with E-state index in [1.165, 1.54) is 11.8 Å². The van der Waals surface area contributed by atoms with Gasteiger partial charge in [0.05, 0.1) is 7.11 Å². The number of hydrogen-bond acceptors (Lipinski definition) is 4. The largest absolute Gasteiger partial charge is 0.496 e. The molecule has 0 amide bonds. The topological polar surface area (TPSA) is 73.6 Å². The maximum absolute atomic E-state index is 5.46. The molecule has 14 heavy (non-hydrogen) atoms. The van der Waals surface area contributed by atoms with Gasteiger partial charge in [0.2, 0.25) is 0 Å². The molecule has 0 atom stereocenters. The molecule has 0 saturated carbocycles. The van der Waals surface area contributed by atoms with E-state index >= 15 is 0 Å². The van der Waals surface area contributed by atoms with E-state index in [0.717, 1.165) is 11.3 Å².